The summed E-state index contributed by atoms with van der Waals surface area (Å²) in [6.45, 7) is 5.27. The van der Waals surface area contributed by atoms with Gasteiger partial charge in [0.25, 0.3) is 0 Å². The van der Waals surface area contributed by atoms with Crippen molar-refractivity contribution in [3.8, 4) is 11.1 Å². The summed E-state index contributed by atoms with van der Waals surface area (Å²) in [4.78, 5) is 0. The maximum Gasteiger partial charge on any atom is 0.0484 e. The third-order valence-corrected chi connectivity index (χ3v) is 3.44. The average Bonchev–Trinajstić information content (AvgIpc) is 2.40. The Bertz CT molecular complexity index is 505. The van der Waals surface area contributed by atoms with Crippen LogP contribution in [-0.2, 0) is 0 Å². The third-order valence-electron chi connectivity index (χ3n) is 3.11. The second-order valence-corrected chi connectivity index (χ2v) is 4.79. The second-order valence-electron chi connectivity index (χ2n) is 4.38. The van der Waals surface area contributed by atoms with E-state index in [0.29, 0.717) is 6.04 Å². The van der Waals surface area contributed by atoms with Gasteiger partial charge in [0.1, 0.15) is 0 Å². The average molecular weight is 260 g/mol. The number of halogens is 1. The fourth-order valence-corrected chi connectivity index (χ4v) is 2.32. The van der Waals surface area contributed by atoms with Gasteiger partial charge < -0.3 is 5.32 Å². The lowest BCUT2D eigenvalue weighted by molar-refractivity contribution is 0.598. The number of benzene rings is 2. The Labute approximate surface area is 114 Å². The molecule has 0 amide bonds. The summed E-state index contributed by atoms with van der Waals surface area (Å²) in [5, 5.41) is 4.20. The van der Waals surface area contributed by atoms with Crippen LogP contribution >= 0.6 is 11.6 Å². The predicted octanol–water partition coefficient (Wildman–Crippen LogP) is 4.68. The van der Waals surface area contributed by atoms with E-state index in [0.717, 1.165) is 22.7 Å². The summed E-state index contributed by atoms with van der Waals surface area (Å²) < 4.78 is 0. The van der Waals surface area contributed by atoms with E-state index >= 15 is 0 Å². The van der Waals surface area contributed by atoms with Crippen LogP contribution in [0, 0.1) is 0 Å². The normalized spacial score (nSPS) is 12.4. The zero-order chi connectivity index (χ0) is 13.0. The largest absolute Gasteiger partial charge is 0.310 e. The minimum atomic E-state index is 0.385. The van der Waals surface area contributed by atoms with Gasteiger partial charge in [-0.05, 0) is 30.7 Å². The van der Waals surface area contributed by atoms with Crippen LogP contribution in [0.4, 0.5) is 0 Å². The summed E-state index contributed by atoms with van der Waals surface area (Å²) in [5.41, 5.74) is 3.54. The molecule has 1 nitrogen and oxygen atoms in total. The molecular weight excluding hydrogens is 242 g/mol. The van der Waals surface area contributed by atoms with Crippen molar-refractivity contribution < 1.29 is 0 Å². The highest BCUT2D eigenvalue weighted by Gasteiger charge is 2.05. The molecule has 0 saturated carbocycles. The zero-order valence-electron chi connectivity index (χ0n) is 10.8. The minimum Gasteiger partial charge on any atom is -0.310 e. The van der Waals surface area contributed by atoms with Crippen LogP contribution in [0.2, 0.25) is 5.02 Å². The van der Waals surface area contributed by atoms with Crippen molar-refractivity contribution in [2.24, 2.45) is 0 Å². The molecule has 1 unspecified atom stereocenters. The van der Waals surface area contributed by atoms with Crippen LogP contribution in [0.3, 0.4) is 0 Å². The fourth-order valence-electron chi connectivity index (χ4n) is 2.07. The van der Waals surface area contributed by atoms with Gasteiger partial charge in [0.2, 0.25) is 0 Å². The SMILES string of the molecule is CCNC(C)c1ccc(-c2ccccc2Cl)cc1. The molecule has 2 rings (SSSR count). The Kier molecular flexibility index (Phi) is 4.40. The van der Waals surface area contributed by atoms with Crippen molar-refractivity contribution in [3.05, 3.63) is 59.1 Å². The van der Waals surface area contributed by atoms with Gasteiger partial charge in [-0.25, -0.2) is 0 Å². The van der Waals surface area contributed by atoms with Crippen molar-refractivity contribution in [2.45, 2.75) is 19.9 Å². The van der Waals surface area contributed by atoms with Gasteiger partial charge in [-0.2, -0.15) is 0 Å². The van der Waals surface area contributed by atoms with E-state index < -0.39 is 0 Å². The van der Waals surface area contributed by atoms with Crippen molar-refractivity contribution in [2.75, 3.05) is 6.54 Å². The lowest BCUT2D eigenvalue weighted by atomic mass is 10.0. The van der Waals surface area contributed by atoms with Crippen LogP contribution in [-0.4, -0.2) is 6.54 Å². The molecule has 1 atom stereocenters. The molecule has 0 bridgehead atoms. The third kappa shape index (κ3) is 2.92. The first-order valence-electron chi connectivity index (χ1n) is 6.30. The highest BCUT2D eigenvalue weighted by molar-refractivity contribution is 6.33. The molecule has 0 heterocycles. The fraction of sp³-hybridized carbons (Fsp3) is 0.250. The van der Waals surface area contributed by atoms with Gasteiger partial charge in [-0.15, -0.1) is 0 Å². The first kappa shape index (κ1) is 13.1. The highest BCUT2D eigenvalue weighted by Crippen LogP contribution is 2.28. The first-order valence-corrected chi connectivity index (χ1v) is 6.68. The molecule has 0 radical (unpaired) electrons. The Morgan fingerprint density at radius 3 is 2.33 bits per heavy atom. The maximum absolute atomic E-state index is 6.20. The predicted molar refractivity (Wildman–Crippen MR) is 79.0 cm³/mol. The lowest BCUT2D eigenvalue weighted by Crippen LogP contribution is -2.17. The van der Waals surface area contributed by atoms with Gasteiger partial charge in [-0.3, -0.25) is 0 Å². The van der Waals surface area contributed by atoms with Gasteiger partial charge >= 0.3 is 0 Å². The van der Waals surface area contributed by atoms with E-state index in [1.54, 1.807) is 0 Å². The summed E-state index contributed by atoms with van der Waals surface area (Å²) in [6.07, 6.45) is 0. The van der Waals surface area contributed by atoms with Crippen LogP contribution in [0.1, 0.15) is 25.5 Å². The Balaban J connectivity index is 2.25. The molecule has 1 N–H and O–H groups in total. The van der Waals surface area contributed by atoms with Gasteiger partial charge in [0.05, 0.1) is 0 Å². The summed E-state index contributed by atoms with van der Waals surface area (Å²) >= 11 is 6.20. The van der Waals surface area contributed by atoms with Gasteiger partial charge in [-0.1, -0.05) is 61.0 Å². The van der Waals surface area contributed by atoms with Crippen LogP contribution in [0.15, 0.2) is 48.5 Å². The number of hydrogen-bond acceptors (Lipinski definition) is 1. The molecule has 18 heavy (non-hydrogen) atoms. The van der Waals surface area contributed by atoms with E-state index in [1.807, 2.05) is 24.3 Å². The molecule has 2 aromatic carbocycles. The quantitative estimate of drug-likeness (QED) is 0.841. The second kappa shape index (κ2) is 6.03. The summed E-state index contributed by atoms with van der Waals surface area (Å²) in [6, 6.07) is 16.9. The number of hydrogen-bond donors (Lipinski definition) is 1. The van der Waals surface area contributed by atoms with Crippen LogP contribution in [0.25, 0.3) is 11.1 Å². The smallest absolute Gasteiger partial charge is 0.0484 e. The molecule has 0 saturated heterocycles. The Morgan fingerprint density at radius 2 is 1.72 bits per heavy atom. The molecule has 0 aliphatic carbocycles. The molecule has 0 spiro atoms. The van der Waals surface area contributed by atoms with E-state index in [-0.39, 0.29) is 0 Å². The standard InChI is InChI=1S/C16H18ClN/c1-3-18-12(2)13-8-10-14(11-9-13)15-6-4-5-7-16(15)17/h4-12,18H,3H2,1-2H3. The summed E-state index contributed by atoms with van der Waals surface area (Å²) in [5.74, 6) is 0. The molecule has 2 aromatic rings. The maximum atomic E-state index is 6.20. The van der Waals surface area contributed by atoms with Crippen molar-refractivity contribution >= 4 is 11.6 Å². The lowest BCUT2D eigenvalue weighted by Gasteiger charge is -2.13. The molecule has 0 aromatic heterocycles. The first-order chi connectivity index (χ1) is 8.72. The van der Waals surface area contributed by atoms with Gasteiger partial charge in [0, 0.05) is 16.6 Å². The van der Waals surface area contributed by atoms with Gasteiger partial charge in [0.15, 0.2) is 0 Å². The van der Waals surface area contributed by atoms with Crippen molar-refractivity contribution in [3.63, 3.8) is 0 Å². The summed E-state index contributed by atoms with van der Waals surface area (Å²) in [7, 11) is 0. The van der Waals surface area contributed by atoms with E-state index in [1.165, 1.54) is 5.56 Å². The van der Waals surface area contributed by atoms with Crippen LogP contribution in [0.5, 0.6) is 0 Å². The Morgan fingerprint density at radius 1 is 1.06 bits per heavy atom. The van der Waals surface area contributed by atoms with E-state index in [2.05, 4.69) is 43.4 Å². The molecule has 0 aliphatic rings. The highest BCUT2D eigenvalue weighted by atomic mass is 35.5. The van der Waals surface area contributed by atoms with E-state index in [9.17, 15) is 0 Å². The number of nitrogens with one attached hydrogen (secondary N) is 1. The number of rotatable bonds is 4. The zero-order valence-corrected chi connectivity index (χ0v) is 11.5. The molecule has 0 fully saturated rings. The van der Waals surface area contributed by atoms with Crippen LogP contribution < -0.4 is 5.32 Å². The molecule has 2 heteroatoms. The van der Waals surface area contributed by atoms with Crippen molar-refractivity contribution in [1.82, 2.24) is 5.32 Å². The topological polar surface area (TPSA) is 12.0 Å². The Hall–Kier alpha value is -1.31. The van der Waals surface area contributed by atoms with Crippen molar-refractivity contribution in [1.29, 1.82) is 0 Å². The minimum absolute atomic E-state index is 0.385. The van der Waals surface area contributed by atoms with E-state index in [4.69, 9.17) is 11.6 Å². The molecule has 0 aliphatic heterocycles. The molecular formula is C16H18ClN. The monoisotopic (exact) mass is 259 g/mol. The molecule has 94 valence electrons.